The summed E-state index contributed by atoms with van der Waals surface area (Å²) in [6.07, 6.45) is 4.30. The molecule has 1 rings (SSSR count). The summed E-state index contributed by atoms with van der Waals surface area (Å²) in [6, 6.07) is 1.19. The van der Waals surface area contributed by atoms with Crippen LogP contribution >= 0.6 is 23.5 Å². The Bertz CT molecular complexity index is 123. The Hall–Kier alpha value is 0.620. The van der Waals surface area contributed by atoms with Gasteiger partial charge in [0.2, 0.25) is 0 Å². The van der Waals surface area contributed by atoms with E-state index in [2.05, 4.69) is 11.6 Å². The van der Waals surface area contributed by atoms with Crippen molar-refractivity contribution >= 4 is 23.5 Å². The summed E-state index contributed by atoms with van der Waals surface area (Å²) < 4.78 is 0. The second kappa shape index (κ2) is 6.98. The van der Waals surface area contributed by atoms with Crippen LogP contribution in [-0.2, 0) is 0 Å². The summed E-state index contributed by atoms with van der Waals surface area (Å²) in [5.41, 5.74) is 0. The second-order valence-corrected chi connectivity index (χ2v) is 5.45. The van der Waals surface area contributed by atoms with Gasteiger partial charge in [-0.05, 0) is 24.9 Å². The average molecular weight is 221 g/mol. The Balaban J connectivity index is 2.19. The highest BCUT2D eigenvalue weighted by atomic mass is 32.2. The number of aliphatic hydroxyl groups is 1. The van der Waals surface area contributed by atoms with Crippen molar-refractivity contribution in [3.8, 4) is 0 Å². The average Bonchev–Trinajstić information content (AvgIpc) is 2.58. The Morgan fingerprint density at radius 3 is 3.08 bits per heavy atom. The van der Waals surface area contributed by atoms with Crippen LogP contribution in [0.15, 0.2) is 0 Å². The summed E-state index contributed by atoms with van der Waals surface area (Å²) >= 11 is 3.88. The molecular weight excluding hydrogens is 202 g/mol. The van der Waals surface area contributed by atoms with Crippen LogP contribution in [-0.4, -0.2) is 47.3 Å². The van der Waals surface area contributed by atoms with E-state index in [0.29, 0.717) is 18.7 Å². The molecule has 2 atom stereocenters. The number of hydrogen-bond acceptors (Lipinski definition) is 4. The lowest BCUT2D eigenvalue weighted by Gasteiger charge is -2.20. The van der Waals surface area contributed by atoms with E-state index in [1.807, 2.05) is 23.5 Å². The van der Waals surface area contributed by atoms with Gasteiger partial charge in [0, 0.05) is 30.2 Å². The second-order valence-electron chi connectivity index (χ2n) is 3.39. The fourth-order valence-corrected chi connectivity index (χ4v) is 3.40. The molecule has 0 bridgehead atoms. The molecule has 0 aromatic rings. The van der Waals surface area contributed by atoms with Crippen LogP contribution in [0, 0.1) is 0 Å². The molecular formula is C9H19NOS2. The normalized spacial score (nSPS) is 24.9. The fraction of sp³-hybridized carbons (Fsp3) is 1.00. The maximum Gasteiger partial charge on any atom is 0.0446 e. The van der Waals surface area contributed by atoms with Gasteiger partial charge in [-0.15, -0.1) is 0 Å². The third-order valence-corrected chi connectivity index (χ3v) is 4.14. The molecule has 2 unspecified atom stereocenters. The molecule has 0 saturated carbocycles. The molecule has 0 aromatic carbocycles. The summed E-state index contributed by atoms with van der Waals surface area (Å²) in [5, 5.41) is 12.5. The highest BCUT2D eigenvalue weighted by Gasteiger charge is 2.18. The van der Waals surface area contributed by atoms with E-state index in [9.17, 15) is 0 Å². The molecule has 1 saturated heterocycles. The Morgan fingerprint density at radius 2 is 2.54 bits per heavy atom. The highest BCUT2D eigenvalue weighted by Crippen LogP contribution is 2.18. The van der Waals surface area contributed by atoms with Gasteiger partial charge in [-0.3, -0.25) is 0 Å². The molecule has 2 nitrogen and oxygen atoms in total. The fourth-order valence-electron chi connectivity index (χ4n) is 1.57. The lowest BCUT2D eigenvalue weighted by atomic mass is 10.2. The molecule has 1 fully saturated rings. The maximum absolute atomic E-state index is 8.88. The smallest absolute Gasteiger partial charge is 0.0446 e. The van der Waals surface area contributed by atoms with Crippen molar-refractivity contribution in [2.45, 2.75) is 24.9 Å². The van der Waals surface area contributed by atoms with Gasteiger partial charge in [-0.25, -0.2) is 0 Å². The van der Waals surface area contributed by atoms with Crippen LogP contribution in [0.3, 0.4) is 0 Å². The summed E-state index contributed by atoms with van der Waals surface area (Å²) in [6.45, 7) is 0.304. The van der Waals surface area contributed by atoms with Crippen molar-refractivity contribution in [1.29, 1.82) is 0 Å². The van der Waals surface area contributed by atoms with Gasteiger partial charge in [0.05, 0.1) is 0 Å². The van der Waals surface area contributed by atoms with Crippen LogP contribution in [0.1, 0.15) is 12.8 Å². The van der Waals surface area contributed by atoms with Crippen LogP contribution < -0.4 is 5.32 Å². The third-order valence-electron chi connectivity index (χ3n) is 2.25. The van der Waals surface area contributed by atoms with Crippen LogP contribution in [0.25, 0.3) is 0 Å². The Kier molecular flexibility index (Phi) is 6.28. The maximum atomic E-state index is 8.88. The third kappa shape index (κ3) is 4.58. The summed E-state index contributed by atoms with van der Waals surface area (Å²) in [4.78, 5) is 0. The van der Waals surface area contributed by atoms with Crippen molar-refractivity contribution in [2.75, 3.05) is 30.1 Å². The minimum absolute atomic E-state index is 0.304. The first kappa shape index (κ1) is 11.7. The molecule has 4 heteroatoms. The van der Waals surface area contributed by atoms with Crippen molar-refractivity contribution in [3.63, 3.8) is 0 Å². The van der Waals surface area contributed by atoms with E-state index < -0.39 is 0 Å². The molecule has 1 aliphatic heterocycles. The Labute approximate surface area is 89.2 Å². The number of hydrogen-bond donors (Lipinski definition) is 2. The van der Waals surface area contributed by atoms with Gasteiger partial charge in [0.15, 0.2) is 0 Å². The molecule has 0 aliphatic carbocycles. The van der Waals surface area contributed by atoms with Crippen molar-refractivity contribution in [1.82, 2.24) is 5.32 Å². The quantitative estimate of drug-likeness (QED) is 0.706. The summed E-state index contributed by atoms with van der Waals surface area (Å²) in [7, 11) is 0. The van der Waals surface area contributed by atoms with E-state index in [4.69, 9.17) is 5.11 Å². The number of rotatable bonds is 6. The van der Waals surface area contributed by atoms with Crippen molar-refractivity contribution in [2.24, 2.45) is 0 Å². The summed E-state index contributed by atoms with van der Waals surface area (Å²) in [5.74, 6) is 3.65. The molecule has 2 N–H and O–H groups in total. The first-order valence-electron chi connectivity index (χ1n) is 4.80. The molecule has 13 heavy (non-hydrogen) atoms. The topological polar surface area (TPSA) is 32.3 Å². The van der Waals surface area contributed by atoms with Gasteiger partial charge < -0.3 is 10.4 Å². The predicted molar refractivity (Wildman–Crippen MR) is 62.7 cm³/mol. The molecule has 0 spiro atoms. The van der Waals surface area contributed by atoms with Gasteiger partial charge in [0.25, 0.3) is 0 Å². The molecule has 1 heterocycles. The van der Waals surface area contributed by atoms with Gasteiger partial charge >= 0.3 is 0 Å². The van der Waals surface area contributed by atoms with Crippen molar-refractivity contribution in [3.05, 3.63) is 0 Å². The number of nitrogens with one attached hydrogen (secondary N) is 1. The van der Waals surface area contributed by atoms with E-state index >= 15 is 0 Å². The van der Waals surface area contributed by atoms with Gasteiger partial charge in [-0.2, -0.15) is 23.5 Å². The largest absolute Gasteiger partial charge is 0.396 e. The van der Waals surface area contributed by atoms with E-state index in [0.717, 1.165) is 12.2 Å². The van der Waals surface area contributed by atoms with Gasteiger partial charge in [-0.1, -0.05) is 0 Å². The monoisotopic (exact) mass is 221 g/mol. The molecule has 1 aliphatic rings. The van der Waals surface area contributed by atoms with E-state index in [1.165, 1.54) is 17.9 Å². The van der Waals surface area contributed by atoms with Crippen LogP contribution in [0.2, 0.25) is 0 Å². The zero-order valence-electron chi connectivity index (χ0n) is 8.16. The highest BCUT2D eigenvalue weighted by molar-refractivity contribution is 7.99. The zero-order chi connectivity index (χ0) is 9.52. The lowest BCUT2D eigenvalue weighted by Crippen LogP contribution is -2.40. The first-order valence-corrected chi connectivity index (χ1v) is 7.35. The minimum atomic E-state index is 0.304. The van der Waals surface area contributed by atoms with Gasteiger partial charge in [0.1, 0.15) is 0 Å². The molecule has 78 valence electrons. The lowest BCUT2D eigenvalue weighted by molar-refractivity contribution is 0.266. The van der Waals surface area contributed by atoms with E-state index in [-0.39, 0.29) is 0 Å². The minimum Gasteiger partial charge on any atom is -0.396 e. The first-order chi connectivity index (χ1) is 6.36. The SMILES string of the molecule is CSCC(CCO)NC1CCSC1. The molecule has 0 radical (unpaired) electrons. The zero-order valence-corrected chi connectivity index (χ0v) is 9.79. The molecule has 0 amide bonds. The van der Waals surface area contributed by atoms with Crippen LogP contribution in [0.4, 0.5) is 0 Å². The van der Waals surface area contributed by atoms with Crippen LogP contribution in [0.5, 0.6) is 0 Å². The number of aliphatic hydroxyl groups excluding tert-OH is 1. The standard InChI is InChI=1S/C9H19NOS2/c1-12-6-8(2-4-11)10-9-3-5-13-7-9/h8-11H,2-7H2,1H3. The van der Waals surface area contributed by atoms with E-state index in [1.54, 1.807) is 0 Å². The molecule has 0 aromatic heterocycles. The Morgan fingerprint density at radius 1 is 1.69 bits per heavy atom. The predicted octanol–water partition coefficient (Wildman–Crippen LogP) is 1.20. The van der Waals surface area contributed by atoms with Crippen molar-refractivity contribution < 1.29 is 5.11 Å². The number of thioether (sulfide) groups is 2.